The predicted molar refractivity (Wildman–Crippen MR) is 91.7 cm³/mol. The standard InChI is InChI=1S/C20H29NO2/c1-4-20-9-10-21(13-19(23)7-8-19)17(18(20,2)3)11-14-5-6-15(22)12-16(14)20/h5-6,12,17,22-23H,4,7-11,13H2,1-3H3/t17-,20+/m0/s1. The van der Waals surface area contributed by atoms with Crippen molar-refractivity contribution < 1.29 is 10.2 Å². The van der Waals surface area contributed by atoms with E-state index in [9.17, 15) is 10.2 Å². The van der Waals surface area contributed by atoms with Crippen molar-refractivity contribution in [2.24, 2.45) is 5.41 Å². The van der Waals surface area contributed by atoms with Gasteiger partial charge in [0.25, 0.3) is 0 Å². The zero-order chi connectivity index (χ0) is 16.5. The molecular weight excluding hydrogens is 286 g/mol. The van der Waals surface area contributed by atoms with Gasteiger partial charge in [0.15, 0.2) is 0 Å². The largest absolute Gasteiger partial charge is 0.508 e. The van der Waals surface area contributed by atoms with Crippen LogP contribution < -0.4 is 0 Å². The molecule has 0 amide bonds. The van der Waals surface area contributed by atoms with E-state index >= 15 is 0 Å². The molecule has 3 heteroatoms. The number of likely N-dealkylation sites (tertiary alicyclic amines) is 1. The second kappa shape index (κ2) is 4.73. The Morgan fingerprint density at radius 2 is 1.96 bits per heavy atom. The number of hydrogen-bond acceptors (Lipinski definition) is 3. The molecule has 126 valence electrons. The first-order valence-corrected chi connectivity index (χ1v) is 9.10. The Bertz CT molecular complexity index is 635. The van der Waals surface area contributed by atoms with Gasteiger partial charge in [-0.15, -0.1) is 0 Å². The van der Waals surface area contributed by atoms with Crippen molar-refractivity contribution in [1.29, 1.82) is 0 Å². The second-order valence-electron chi connectivity index (χ2n) is 8.66. The third kappa shape index (κ3) is 2.09. The average Bonchev–Trinajstić information content (AvgIpc) is 3.21. The van der Waals surface area contributed by atoms with E-state index in [1.165, 1.54) is 11.1 Å². The molecule has 1 saturated heterocycles. The van der Waals surface area contributed by atoms with Crippen LogP contribution in [0.5, 0.6) is 5.75 Å². The van der Waals surface area contributed by atoms with Crippen LogP contribution in [-0.2, 0) is 11.8 Å². The third-order valence-electron chi connectivity index (χ3n) is 7.28. The van der Waals surface area contributed by atoms with Crippen molar-refractivity contribution in [2.45, 2.75) is 69.9 Å². The number of fused-ring (bicyclic) bond motifs is 4. The van der Waals surface area contributed by atoms with E-state index < -0.39 is 5.60 Å². The van der Waals surface area contributed by atoms with E-state index in [0.717, 1.165) is 45.2 Å². The Kier molecular flexibility index (Phi) is 3.18. The quantitative estimate of drug-likeness (QED) is 0.900. The topological polar surface area (TPSA) is 43.7 Å². The number of piperidine rings is 1. The number of phenolic OH excluding ortho intramolecular Hbond substituents is 1. The summed E-state index contributed by atoms with van der Waals surface area (Å²) in [5.74, 6) is 0.389. The molecule has 2 bridgehead atoms. The fourth-order valence-electron chi connectivity index (χ4n) is 5.54. The van der Waals surface area contributed by atoms with E-state index in [2.05, 4.69) is 31.7 Å². The van der Waals surface area contributed by atoms with Crippen LogP contribution in [-0.4, -0.2) is 39.8 Å². The maximum Gasteiger partial charge on any atom is 0.115 e. The van der Waals surface area contributed by atoms with Crippen LogP contribution in [0, 0.1) is 5.41 Å². The van der Waals surface area contributed by atoms with Crippen LogP contribution in [0.2, 0.25) is 0 Å². The van der Waals surface area contributed by atoms with Crippen molar-refractivity contribution >= 4 is 0 Å². The highest BCUT2D eigenvalue weighted by Crippen LogP contribution is 2.58. The number of hydrogen-bond donors (Lipinski definition) is 2. The molecular formula is C20H29NO2. The summed E-state index contributed by atoms with van der Waals surface area (Å²) in [5.41, 5.74) is 2.61. The van der Waals surface area contributed by atoms with Crippen molar-refractivity contribution in [2.75, 3.05) is 13.1 Å². The molecule has 4 rings (SSSR count). The molecule has 0 radical (unpaired) electrons. The fourth-order valence-corrected chi connectivity index (χ4v) is 5.54. The molecule has 1 saturated carbocycles. The van der Waals surface area contributed by atoms with Crippen molar-refractivity contribution in [3.63, 3.8) is 0 Å². The summed E-state index contributed by atoms with van der Waals surface area (Å²) < 4.78 is 0. The van der Waals surface area contributed by atoms with E-state index in [1.807, 2.05) is 12.1 Å². The van der Waals surface area contributed by atoms with E-state index in [-0.39, 0.29) is 10.8 Å². The number of benzene rings is 1. The van der Waals surface area contributed by atoms with Crippen LogP contribution in [0.15, 0.2) is 18.2 Å². The van der Waals surface area contributed by atoms with Gasteiger partial charge in [0.05, 0.1) is 5.60 Å². The van der Waals surface area contributed by atoms with Crippen molar-refractivity contribution in [3.05, 3.63) is 29.3 Å². The Morgan fingerprint density at radius 1 is 1.22 bits per heavy atom. The lowest BCUT2D eigenvalue weighted by atomic mass is 9.49. The highest BCUT2D eigenvalue weighted by Gasteiger charge is 2.58. The summed E-state index contributed by atoms with van der Waals surface area (Å²) in [5, 5.41) is 20.5. The van der Waals surface area contributed by atoms with Gasteiger partial charge < -0.3 is 10.2 Å². The number of β-amino-alcohol motifs (C(OH)–C–C–N with tert-alkyl or cyclic N) is 1. The monoisotopic (exact) mass is 315 g/mol. The summed E-state index contributed by atoms with van der Waals surface area (Å²) in [6.07, 6.45) is 5.16. The molecule has 23 heavy (non-hydrogen) atoms. The van der Waals surface area contributed by atoms with E-state index in [1.54, 1.807) is 0 Å². The first-order chi connectivity index (χ1) is 10.8. The Hall–Kier alpha value is -1.06. The number of nitrogens with zero attached hydrogens (tertiary/aromatic N) is 1. The molecule has 1 aliphatic heterocycles. The SMILES string of the molecule is CC[C@@]12CCN(CC3(O)CC3)[C@@H](Cc3ccc(O)cc31)C2(C)C. The Balaban J connectivity index is 1.79. The molecule has 2 N–H and O–H groups in total. The lowest BCUT2D eigenvalue weighted by Gasteiger charge is -2.62. The molecule has 2 fully saturated rings. The predicted octanol–water partition coefficient (Wildman–Crippen LogP) is 3.22. The number of phenols is 1. The minimum Gasteiger partial charge on any atom is -0.508 e. The zero-order valence-electron chi connectivity index (χ0n) is 14.6. The van der Waals surface area contributed by atoms with E-state index in [4.69, 9.17) is 0 Å². The van der Waals surface area contributed by atoms with Gasteiger partial charge in [-0.2, -0.15) is 0 Å². The maximum absolute atomic E-state index is 10.4. The second-order valence-corrected chi connectivity index (χ2v) is 8.66. The lowest BCUT2D eigenvalue weighted by Crippen LogP contribution is -2.65. The van der Waals surface area contributed by atoms with Crippen LogP contribution in [0.4, 0.5) is 0 Å². The molecule has 1 aromatic rings. The lowest BCUT2D eigenvalue weighted by molar-refractivity contribution is -0.0665. The molecule has 2 atom stereocenters. The number of aromatic hydroxyl groups is 1. The minimum absolute atomic E-state index is 0.132. The van der Waals surface area contributed by atoms with Gasteiger partial charge >= 0.3 is 0 Å². The summed E-state index contributed by atoms with van der Waals surface area (Å²) >= 11 is 0. The Labute approximate surface area is 139 Å². The van der Waals surface area contributed by atoms with Gasteiger partial charge in [-0.05, 0) is 67.3 Å². The number of aliphatic hydroxyl groups is 1. The zero-order valence-corrected chi connectivity index (χ0v) is 14.6. The Morgan fingerprint density at radius 3 is 2.61 bits per heavy atom. The summed E-state index contributed by atoms with van der Waals surface area (Å²) in [6, 6.07) is 6.43. The number of rotatable bonds is 3. The average molecular weight is 315 g/mol. The third-order valence-corrected chi connectivity index (χ3v) is 7.28. The first-order valence-electron chi connectivity index (χ1n) is 9.10. The van der Waals surface area contributed by atoms with Crippen molar-refractivity contribution in [3.8, 4) is 5.75 Å². The fraction of sp³-hybridized carbons (Fsp3) is 0.700. The maximum atomic E-state index is 10.4. The molecule has 3 nitrogen and oxygen atoms in total. The molecule has 3 aliphatic rings. The molecule has 0 unspecified atom stereocenters. The van der Waals surface area contributed by atoms with Gasteiger partial charge in [-0.3, -0.25) is 4.90 Å². The highest BCUT2D eigenvalue weighted by molar-refractivity contribution is 5.46. The van der Waals surface area contributed by atoms with Gasteiger partial charge in [0, 0.05) is 18.0 Å². The molecule has 2 aliphatic carbocycles. The molecule has 0 spiro atoms. The summed E-state index contributed by atoms with van der Waals surface area (Å²) in [6.45, 7) is 8.98. The van der Waals surface area contributed by atoms with Crippen LogP contribution in [0.1, 0.15) is 57.6 Å². The van der Waals surface area contributed by atoms with Crippen LogP contribution in [0.3, 0.4) is 0 Å². The minimum atomic E-state index is -0.419. The van der Waals surface area contributed by atoms with Crippen LogP contribution >= 0.6 is 0 Å². The smallest absolute Gasteiger partial charge is 0.115 e. The van der Waals surface area contributed by atoms with Gasteiger partial charge in [0.1, 0.15) is 5.75 Å². The normalized spacial score (nSPS) is 34.0. The molecule has 0 aromatic heterocycles. The van der Waals surface area contributed by atoms with Crippen molar-refractivity contribution in [1.82, 2.24) is 4.90 Å². The first kappa shape index (κ1) is 15.5. The van der Waals surface area contributed by atoms with Crippen LogP contribution in [0.25, 0.3) is 0 Å². The van der Waals surface area contributed by atoms with Gasteiger partial charge in [0.2, 0.25) is 0 Å². The van der Waals surface area contributed by atoms with E-state index in [0.29, 0.717) is 11.8 Å². The highest BCUT2D eigenvalue weighted by atomic mass is 16.3. The molecule has 1 heterocycles. The summed E-state index contributed by atoms with van der Waals surface area (Å²) in [7, 11) is 0. The van der Waals surface area contributed by atoms with Gasteiger partial charge in [-0.25, -0.2) is 0 Å². The van der Waals surface area contributed by atoms with Gasteiger partial charge in [-0.1, -0.05) is 26.8 Å². The molecule has 1 aromatic carbocycles. The summed E-state index contributed by atoms with van der Waals surface area (Å²) in [4.78, 5) is 2.55.